The highest BCUT2D eigenvalue weighted by atomic mass is 16.5. The van der Waals surface area contributed by atoms with Gasteiger partial charge in [-0.25, -0.2) is 10.3 Å². The van der Waals surface area contributed by atoms with Gasteiger partial charge in [0, 0.05) is 6.54 Å². The molecule has 2 N–H and O–H groups in total. The molecule has 1 rings (SSSR count). The highest BCUT2D eigenvalue weighted by Gasteiger charge is 2.41. The predicted octanol–water partition coefficient (Wildman–Crippen LogP) is 0.0313. The summed E-state index contributed by atoms with van der Waals surface area (Å²) in [5.74, 6) is -4.48. The standard InChI is InChI=1S/C14H22N2O6/c1-3-4-6-9(11(17)12(18)15-21)13(19)16-8-5-7-10(16)14(20)22-2/h9-10,21H,3-8H2,1-2H3,(H,15,18)/t9-,10+/m1/s1. The van der Waals surface area contributed by atoms with Crippen molar-refractivity contribution >= 4 is 23.6 Å². The largest absolute Gasteiger partial charge is 0.467 e. The quantitative estimate of drug-likeness (QED) is 0.225. The molecule has 1 fully saturated rings. The second kappa shape index (κ2) is 8.47. The second-order valence-corrected chi connectivity index (χ2v) is 5.21. The predicted molar refractivity (Wildman–Crippen MR) is 74.7 cm³/mol. The fraction of sp³-hybridized carbons (Fsp3) is 0.714. The highest BCUT2D eigenvalue weighted by molar-refractivity contribution is 6.40. The Labute approximate surface area is 128 Å². The topological polar surface area (TPSA) is 113 Å². The maximum atomic E-state index is 12.6. The molecule has 1 saturated heterocycles. The third-order valence-corrected chi connectivity index (χ3v) is 3.80. The Bertz CT molecular complexity index is 451. The molecule has 8 nitrogen and oxygen atoms in total. The minimum atomic E-state index is -1.22. The molecule has 22 heavy (non-hydrogen) atoms. The van der Waals surface area contributed by atoms with Crippen molar-refractivity contribution in [3.8, 4) is 0 Å². The number of Topliss-reactive ketones (excluding diaryl/α,β-unsaturated/α-hetero) is 1. The number of unbranched alkanes of at least 4 members (excludes halogenated alkanes) is 1. The molecule has 0 aromatic rings. The number of hydrogen-bond acceptors (Lipinski definition) is 6. The Balaban J connectivity index is 2.93. The van der Waals surface area contributed by atoms with Crippen LogP contribution in [0.15, 0.2) is 0 Å². The van der Waals surface area contributed by atoms with E-state index in [0.717, 1.165) is 6.42 Å². The normalized spacial score (nSPS) is 18.7. The average Bonchev–Trinajstić information content (AvgIpc) is 3.02. The number of hydroxylamine groups is 1. The molecule has 0 unspecified atom stereocenters. The lowest BCUT2D eigenvalue weighted by Crippen LogP contribution is -2.48. The minimum Gasteiger partial charge on any atom is -0.467 e. The average molecular weight is 314 g/mol. The van der Waals surface area contributed by atoms with Crippen molar-refractivity contribution in [2.45, 2.75) is 45.1 Å². The number of nitrogens with zero attached hydrogens (tertiary/aromatic N) is 1. The molecular formula is C14H22N2O6. The van der Waals surface area contributed by atoms with E-state index in [4.69, 9.17) is 5.21 Å². The van der Waals surface area contributed by atoms with Gasteiger partial charge >= 0.3 is 11.9 Å². The van der Waals surface area contributed by atoms with E-state index in [0.29, 0.717) is 25.8 Å². The van der Waals surface area contributed by atoms with Crippen molar-refractivity contribution in [1.82, 2.24) is 10.4 Å². The Morgan fingerprint density at radius 1 is 1.36 bits per heavy atom. The molecule has 1 aliphatic rings. The summed E-state index contributed by atoms with van der Waals surface area (Å²) in [6.45, 7) is 2.24. The number of carbonyl (C=O) groups is 4. The molecule has 124 valence electrons. The van der Waals surface area contributed by atoms with Gasteiger partial charge in [-0.2, -0.15) is 0 Å². The van der Waals surface area contributed by atoms with E-state index in [-0.39, 0.29) is 6.42 Å². The van der Waals surface area contributed by atoms with Crippen molar-refractivity contribution in [3.63, 3.8) is 0 Å². The monoisotopic (exact) mass is 314 g/mol. The van der Waals surface area contributed by atoms with Crippen LogP contribution in [0.25, 0.3) is 0 Å². The van der Waals surface area contributed by atoms with Gasteiger partial charge in [-0.15, -0.1) is 0 Å². The fourth-order valence-electron chi connectivity index (χ4n) is 2.60. The molecule has 0 bridgehead atoms. The molecular weight excluding hydrogens is 292 g/mol. The van der Waals surface area contributed by atoms with Gasteiger partial charge in [-0.1, -0.05) is 19.8 Å². The molecule has 0 aromatic heterocycles. The molecule has 2 amide bonds. The third kappa shape index (κ3) is 4.03. The molecule has 0 aliphatic carbocycles. The maximum absolute atomic E-state index is 12.6. The van der Waals surface area contributed by atoms with E-state index in [1.54, 1.807) is 0 Å². The van der Waals surface area contributed by atoms with Crippen LogP contribution in [0.1, 0.15) is 39.0 Å². The minimum absolute atomic E-state index is 0.200. The zero-order valence-electron chi connectivity index (χ0n) is 12.8. The molecule has 0 aromatic carbocycles. The van der Waals surface area contributed by atoms with E-state index in [9.17, 15) is 19.2 Å². The number of carbonyl (C=O) groups excluding carboxylic acids is 4. The SMILES string of the molecule is CCCC[C@H](C(=O)C(=O)NO)C(=O)N1CCC[C@H]1C(=O)OC. The lowest BCUT2D eigenvalue weighted by Gasteiger charge is -2.26. The molecule has 0 radical (unpaired) electrons. The van der Waals surface area contributed by atoms with E-state index in [2.05, 4.69) is 4.74 Å². The second-order valence-electron chi connectivity index (χ2n) is 5.21. The van der Waals surface area contributed by atoms with Gasteiger partial charge in [0.15, 0.2) is 0 Å². The van der Waals surface area contributed by atoms with Gasteiger partial charge in [-0.05, 0) is 19.3 Å². The summed E-state index contributed by atoms with van der Waals surface area (Å²) < 4.78 is 4.67. The van der Waals surface area contributed by atoms with Gasteiger partial charge in [0.1, 0.15) is 12.0 Å². The number of ketones is 1. The first-order valence-electron chi connectivity index (χ1n) is 7.34. The Kier molecular flexibility index (Phi) is 6.97. The van der Waals surface area contributed by atoms with Gasteiger partial charge in [-0.3, -0.25) is 19.6 Å². The van der Waals surface area contributed by atoms with Gasteiger partial charge in [0.2, 0.25) is 11.7 Å². The van der Waals surface area contributed by atoms with Crippen molar-refractivity contribution in [2.24, 2.45) is 5.92 Å². The molecule has 1 heterocycles. The molecule has 2 atom stereocenters. The van der Waals surface area contributed by atoms with E-state index >= 15 is 0 Å². The third-order valence-electron chi connectivity index (χ3n) is 3.80. The van der Waals surface area contributed by atoms with E-state index < -0.39 is 35.5 Å². The van der Waals surface area contributed by atoms with E-state index in [1.807, 2.05) is 6.92 Å². The zero-order valence-corrected chi connectivity index (χ0v) is 12.8. The Morgan fingerprint density at radius 2 is 2.05 bits per heavy atom. The van der Waals surface area contributed by atoms with Crippen LogP contribution in [0, 0.1) is 5.92 Å². The van der Waals surface area contributed by atoms with Gasteiger partial charge in [0.05, 0.1) is 7.11 Å². The summed E-state index contributed by atoms with van der Waals surface area (Å²) in [6.07, 6.45) is 2.63. The van der Waals surface area contributed by atoms with Crippen LogP contribution in [0.3, 0.4) is 0 Å². The number of rotatable bonds is 7. The van der Waals surface area contributed by atoms with Crippen LogP contribution in [0.2, 0.25) is 0 Å². The van der Waals surface area contributed by atoms with Crippen LogP contribution in [0.5, 0.6) is 0 Å². The summed E-state index contributed by atoms with van der Waals surface area (Å²) in [5, 5.41) is 8.59. The maximum Gasteiger partial charge on any atom is 0.328 e. The number of hydrogen-bond donors (Lipinski definition) is 2. The Morgan fingerprint density at radius 3 is 2.59 bits per heavy atom. The zero-order chi connectivity index (χ0) is 16.7. The first-order valence-corrected chi connectivity index (χ1v) is 7.34. The van der Waals surface area contributed by atoms with Gasteiger partial charge < -0.3 is 9.64 Å². The van der Waals surface area contributed by atoms with Crippen LogP contribution < -0.4 is 5.48 Å². The van der Waals surface area contributed by atoms with E-state index in [1.165, 1.54) is 17.5 Å². The first-order chi connectivity index (χ1) is 10.5. The summed E-state index contributed by atoms with van der Waals surface area (Å²) >= 11 is 0. The lowest BCUT2D eigenvalue weighted by molar-refractivity contribution is -0.156. The fourth-order valence-corrected chi connectivity index (χ4v) is 2.60. The van der Waals surface area contributed by atoms with Crippen LogP contribution in [-0.4, -0.2) is 53.4 Å². The highest BCUT2D eigenvalue weighted by Crippen LogP contribution is 2.23. The summed E-state index contributed by atoms with van der Waals surface area (Å²) in [7, 11) is 1.24. The summed E-state index contributed by atoms with van der Waals surface area (Å²) in [6, 6.07) is -0.716. The van der Waals surface area contributed by atoms with Crippen LogP contribution in [-0.2, 0) is 23.9 Å². The summed E-state index contributed by atoms with van der Waals surface area (Å²) in [5.41, 5.74) is 1.26. The molecule has 0 spiro atoms. The number of nitrogens with one attached hydrogen (secondary N) is 1. The number of likely N-dealkylation sites (tertiary alicyclic amines) is 1. The van der Waals surface area contributed by atoms with Crippen molar-refractivity contribution in [1.29, 1.82) is 0 Å². The van der Waals surface area contributed by atoms with Crippen molar-refractivity contribution in [3.05, 3.63) is 0 Å². The number of esters is 1. The van der Waals surface area contributed by atoms with Crippen LogP contribution in [0.4, 0.5) is 0 Å². The Hall–Kier alpha value is -1.96. The van der Waals surface area contributed by atoms with Crippen molar-refractivity contribution < 1.29 is 29.1 Å². The smallest absolute Gasteiger partial charge is 0.328 e. The van der Waals surface area contributed by atoms with Crippen LogP contribution >= 0.6 is 0 Å². The molecule has 8 heteroatoms. The summed E-state index contributed by atoms with van der Waals surface area (Å²) in [4.78, 5) is 48.9. The molecule has 1 aliphatic heterocycles. The number of ether oxygens (including phenoxy) is 1. The van der Waals surface area contributed by atoms with Gasteiger partial charge in [0.25, 0.3) is 0 Å². The first kappa shape index (κ1) is 18.1. The molecule has 0 saturated carbocycles. The van der Waals surface area contributed by atoms with Crippen molar-refractivity contribution in [2.75, 3.05) is 13.7 Å². The number of methoxy groups -OCH3 is 1. The lowest BCUT2D eigenvalue weighted by atomic mass is 9.95. The number of amides is 2.